The number of thiazole rings is 1. The normalized spacial score (nSPS) is 10.6. The maximum atomic E-state index is 12.5. The molecule has 2 aromatic carbocycles. The second kappa shape index (κ2) is 15.1. The highest BCUT2D eigenvalue weighted by molar-refractivity contribution is 7.16. The van der Waals surface area contributed by atoms with Crippen molar-refractivity contribution in [1.29, 1.82) is 0 Å². The number of carbonyl (C=O) groups is 1. The first-order valence-corrected chi connectivity index (χ1v) is 13.4. The van der Waals surface area contributed by atoms with Gasteiger partial charge in [-0.1, -0.05) is 73.4 Å². The van der Waals surface area contributed by atoms with E-state index in [0.29, 0.717) is 48.6 Å². The van der Waals surface area contributed by atoms with Crippen LogP contribution in [0.15, 0.2) is 53.5 Å². The molecule has 1 aromatic heterocycles. The van der Waals surface area contributed by atoms with Crippen molar-refractivity contribution in [3.05, 3.63) is 69.0 Å². The lowest BCUT2D eigenvalue weighted by molar-refractivity contribution is -0.120. The van der Waals surface area contributed by atoms with Crippen LogP contribution in [0.2, 0.25) is 10.0 Å². The number of halogens is 2. The van der Waals surface area contributed by atoms with Gasteiger partial charge in [-0.15, -0.1) is 11.3 Å². The van der Waals surface area contributed by atoms with E-state index in [-0.39, 0.29) is 21.8 Å². The van der Waals surface area contributed by atoms with Gasteiger partial charge in [0, 0.05) is 36.5 Å². The van der Waals surface area contributed by atoms with Crippen molar-refractivity contribution in [2.75, 3.05) is 24.5 Å². The lowest BCUT2D eigenvalue weighted by Crippen LogP contribution is -2.32. The third-order valence-electron chi connectivity index (χ3n) is 5.30. The van der Waals surface area contributed by atoms with Gasteiger partial charge >= 0.3 is 0 Å². The van der Waals surface area contributed by atoms with Gasteiger partial charge in [-0.3, -0.25) is 9.79 Å². The lowest BCUT2D eigenvalue weighted by Gasteiger charge is -2.22. The number of aliphatic imine (C=N–C) groups is 1. The molecule has 0 saturated heterocycles. The molecule has 0 spiro atoms. The summed E-state index contributed by atoms with van der Waals surface area (Å²) < 4.78 is 0. The van der Waals surface area contributed by atoms with E-state index in [2.05, 4.69) is 41.2 Å². The molecule has 11 heteroatoms. The molecule has 5 N–H and O–H groups in total. The van der Waals surface area contributed by atoms with Crippen molar-refractivity contribution >= 4 is 61.4 Å². The third kappa shape index (κ3) is 9.78. The van der Waals surface area contributed by atoms with Gasteiger partial charge in [-0.05, 0) is 30.0 Å². The van der Waals surface area contributed by atoms with Crippen molar-refractivity contribution in [2.45, 2.75) is 33.2 Å². The Kier molecular flexibility index (Phi) is 12.6. The van der Waals surface area contributed by atoms with Crippen LogP contribution in [0.1, 0.15) is 30.7 Å². The van der Waals surface area contributed by atoms with Gasteiger partial charge in [-0.2, -0.15) is 9.90 Å². The Morgan fingerprint density at radius 2 is 1.86 bits per heavy atom. The van der Waals surface area contributed by atoms with Crippen molar-refractivity contribution in [1.82, 2.24) is 10.3 Å². The number of nitrogens with two attached hydrogens (primary N) is 2. The number of aromatic nitrogens is 1. The topological polar surface area (TPSA) is 110 Å². The molecule has 1 heterocycles. The molecule has 0 bridgehead atoms. The molecular formula is C26H35Cl2N6OPS. The van der Waals surface area contributed by atoms with Crippen LogP contribution in [0, 0.1) is 5.92 Å². The SMILES string of the molecule is CC(C)Cc1sc(N(CCC(=O)NCCN=C(N)N)Cc2ccccc2)nc1-c1ccc(Cl)c(Cl)c1.P. The van der Waals surface area contributed by atoms with Crippen molar-refractivity contribution in [3.8, 4) is 11.3 Å². The first kappa shape index (κ1) is 30.8. The molecule has 0 fully saturated rings. The standard InChI is InChI=1S/C26H32Cl2N6OS.H3P/c1-17(2)14-22-24(19-8-9-20(27)21(28)15-19)33-26(36-22)34(16-18-6-4-3-5-7-18)13-10-23(35)31-11-12-32-25(29)30;/h3-9,15,17H,10-14,16H2,1-2H3,(H,31,35)(H4,29,30,32);1H3. The summed E-state index contributed by atoms with van der Waals surface area (Å²) in [7, 11) is 0. The maximum absolute atomic E-state index is 12.5. The number of anilines is 1. The van der Waals surface area contributed by atoms with Crippen molar-refractivity contribution in [3.63, 3.8) is 0 Å². The third-order valence-corrected chi connectivity index (χ3v) is 7.17. The summed E-state index contributed by atoms with van der Waals surface area (Å²) in [6.45, 7) is 6.25. The maximum Gasteiger partial charge on any atom is 0.221 e. The lowest BCUT2D eigenvalue weighted by atomic mass is 10.0. The largest absolute Gasteiger partial charge is 0.370 e. The number of rotatable bonds is 12. The summed E-state index contributed by atoms with van der Waals surface area (Å²) in [4.78, 5) is 24.8. The fraction of sp³-hybridized carbons (Fsp3) is 0.346. The van der Waals surface area contributed by atoms with E-state index in [1.165, 1.54) is 4.88 Å². The van der Waals surface area contributed by atoms with Crippen LogP contribution in [0.25, 0.3) is 11.3 Å². The van der Waals surface area contributed by atoms with E-state index < -0.39 is 0 Å². The molecule has 0 saturated carbocycles. The Labute approximate surface area is 236 Å². The minimum absolute atomic E-state index is 0. The second-order valence-corrected chi connectivity index (χ2v) is 10.7. The number of nitrogens with zero attached hydrogens (tertiary/aromatic N) is 3. The Hall–Kier alpha value is -2.38. The smallest absolute Gasteiger partial charge is 0.221 e. The summed E-state index contributed by atoms with van der Waals surface area (Å²) in [5.74, 6) is 0.401. The molecule has 3 rings (SSSR count). The van der Waals surface area contributed by atoms with Gasteiger partial charge in [0.25, 0.3) is 0 Å². The van der Waals surface area contributed by atoms with Crippen LogP contribution in [0.4, 0.5) is 5.13 Å². The highest BCUT2D eigenvalue weighted by Gasteiger charge is 2.20. The van der Waals surface area contributed by atoms with Gasteiger partial charge in [0.1, 0.15) is 0 Å². The summed E-state index contributed by atoms with van der Waals surface area (Å²) in [6.07, 6.45) is 1.20. The van der Waals surface area contributed by atoms with Crippen LogP contribution >= 0.6 is 44.4 Å². The molecule has 1 unspecified atom stereocenters. The van der Waals surface area contributed by atoms with E-state index in [1.54, 1.807) is 17.4 Å². The van der Waals surface area contributed by atoms with Gasteiger partial charge in [-0.25, -0.2) is 4.98 Å². The van der Waals surface area contributed by atoms with Crippen LogP contribution in [0.3, 0.4) is 0 Å². The molecule has 3 aromatic rings. The fourth-order valence-electron chi connectivity index (χ4n) is 3.60. The quantitative estimate of drug-likeness (QED) is 0.119. The van der Waals surface area contributed by atoms with Crippen molar-refractivity contribution in [2.24, 2.45) is 22.4 Å². The highest BCUT2D eigenvalue weighted by Crippen LogP contribution is 2.37. The summed E-state index contributed by atoms with van der Waals surface area (Å²) in [6, 6.07) is 15.8. The second-order valence-electron chi connectivity index (χ2n) is 8.81. The average molecular weight is 582 g/mol. The number of amides is 1. The molecule has 0 aliphatic heterocycles. The summed E-state index contributed by atoms with van der Waals surface area (Å²) in [5, 5.41) is 4.74. The Balaban J connectivity index is 0.00000481. The Morgan fingerprint density at radius 3 is 2.51 bits per heavy atom. The predicted octanol–water partition coefficient (Wildman–Crippen LogP) is 5.16. The first-order valence-electron chi connectivity index (χ1n) is 11.8. The molecular weight excluding hydrogens is 546 g/mol. The molecule has 1 amide bonds. The van der Waals surface area contributed by atoms with Gasteiger partial charge < -0.3 is 21.7 Å². The number of nitrogens with one attached hydrogen (secondary N) is 1. The minimum Gasteiger partial charge on any atom is -0.370 e. The molecule has 200 valence electrons. The fourth-order valence-corrected chi connectivity index (χ4v) is 5.22. The number of carbonyl (C=O) groups excluding carboxylic acids is 1. The molecule has 0 aliphatic carbocycles. The molecule has 1 atom stereocenters. The monoisotopic (exact) mass is 580 g/mol. The molecule has 7 nitrogen and oxygen atoms in total. The van der Waals surface area contributed by atoms with E-state index in [9.17, 15) is 4.79 Å². The van der Waals surface area contributed by atoms with E-state index in [1.807, 2.05) is 30.3 Å². The first-order chi connectivity index (χ1) is 17.2. The van der Waals surface area contributed by atoms with E-state index in [4.69, 9.17) is 39.7 Å². The van der Waals surface area contributed by atoms with Gasteiger partial charge in [0.15, 0.2) is 11.1 Å². The van der Waals surface area contributed by atoms with E-state index >= 15 is 0 Å². The molecule has 0 aliphatic rings. The zero-order valence-corrected chi connectivity index (χ0v) is 25.0. The van der Waals surface area contributed by atoms with Gasteiger partial charge in [0.2, 0.25) is 5.91 Å². The number of hydrogen-bond acceptors (Lipinski definition) is 5. The molecule has 0 radical (unpaired) electrons. The minimum atomic E-state index is -0.0671. The summed E-state index contributed by atoms with van der Waals surface area (Å²) >= 11 is 14.1. The van der Waals surface area contributed by atoms with Gasteiger partial charge in [0.05, 0.1) is 22.3 Å². The summed E-state index contributed by atoms with van der Waals surface area (Å²) in [5.41, 5.74) is 13.6. The Morgan fingerprint density at radius 1 is 1.14 bits per heavy atom. The average Bonchev–Trinajstić information content (AvgIpc) is 3.24. The van der Waals surface area contributed by atoms with Crippen LogP contribution in [-0.2, 0) is 17.8 Å². The zero-order valence-electron chi connectivity index (χ0n) is 21.2. The van der Waals surface area contributed by atoms with Crippen LogP contribution < -0.4 is 21.7 Å². The number of guanidine groups is 1. The Bertz CT molecular complexity index is 1190. The number of benzene rings is 2. The van der Waals surface area contributed by atoms with Crippen LogP contribution in [-0.4, -0.2) is 36.5 Å². The molecule has 37 heavy (non-hydrogen) atoms. The highest BCUT2D eigenvalue weighted by atomic mass is 35.5. The zero-order chi connectivity index (χ0) is 26.1. The van der Waals surface area contributed by atoms with E-state index in [0.717, 1.165) is 28.4 Å². The number of hydrogen-bond donors (Lipinski definition) is 3. The van der Waals surface area contributed by atoms with Crippen LogP contribution in [0.5, 0.6) is 0 Å². The predicted molar refractivity (Wildman–Crippen MR) is 163 cm³/mol. The van der Waals surface area contributed by atoms with Crippen molar-refractivity contribution < 1.29 is 4.79 Å².